The van der Waals surface area contributed by atoms with Crippen molar-refractivity contribution in [3.63, 3.8) is 0 Å². The molecule has 0 aromatic heterocycles. The van der Waals surface area contributed by atoms with Gasteiger partial charge in [-0.2, -0.15) is 0 Å². The van der Waals surface area contributed by atoms with Crippen molar-refractivity contribution in [3.8, 4) is 0 Å². The van der Waals surface area contributed by atoms with E-state index < -0.39 is 0 Å². The number of ether oxygens (including phenoxy) is 1. The summed E-state index contributed by atoms with van der Waals surface area (Å²) in [6.45, 7) is 4.02. The van der Waals surface area contributed by atoms with Crippen molar-refractivity contribution in [2.45, 2.75) is 12.5 Å². The third-order valence-electron chi connectivity index (χ3n) is 5.76. The summed E-state index contributed by atoms with van der Waals surface area (Å²) < 4.78 is 6.41. The van der Waals surface area contributed by atoms with E-state index in [2.05, 4.69) is 38.3 Å². The minimum atomic E-state index is -0.336. The van der Waals surface area contributed by atoms with Gasteiger partial charge in [0.1, 0.15) is 0 Å². The van der Waals surface area contributed by atoms with Crippen molar-refractivity contribution < 1.29 is 14.3 Å². The quantitative estimate of drug-likeness (QED) is 0.703. The van der Waals surface area contributed by atoms with E-state index in [0.29, 0.717) is 26.3 Å². The summed E-state index contributed by atoms with van der Waals surface area (Å²) in [5, 5.41) is 3.11. The highest BCUT2D eigenvalue weighted by Gasteiger charge is 2.35. The van der Waals surface area contributed by atoms with E-state index in [1.54, 1.807) is 4.90 Å². The summed E-state index contributed by atoms with van der Waals surface area (Å²) in [4.78, 5) is 29.5. The molecule has 0 bridgehead atoms. The summed E-state index contributed by atoms with van der Waals surface area (Å²) in [6, 6.07) is 18.0. The Balaban J connectivity index is 1.40. The van der Waals surface area contributed by atoms with E-state index in [1.165, 1.54) is 5.56 Å². The maximum Gasteiger partial charge on any atom is 0.227 e. The minimum Gasteiger partial charge on any atom is -0.379 e. The Morgan fingerprint density at radius 2 is 1.90 bits per heavy atom. The number of hydrogen-bond acceptors (Lipinski definition) is 4. The molecule has 2 atom stereocenters. The normalized spacial score (nSPS) is 20.9. The Bertz CT molecular complexity index is 886. The van der Waals surface area contributed by atoms with E-state index >= 15 is 0 Å². The van der Waals surface area contributed by atoms with Crippen LogP contribution in [0.15, 0.2) is 59.1 Å². The Labute approximate surface area is 185 Å². The highest BCUT2D eigenvalue weighted by Crippen LogP contribution is 2.28. The highest BCUT2D eigenvalue weighted by atomic mass is 79.9. The lowest BCUT2D eigenvalue weighted by Crippen LogP contribution is -2.45. The Morgan fingerprint density at radius 1 is 1.13 bits per heavy atom. The van der Waals surface area contributed by atoms with Crippen LogP contribution in [-0.2, 0) is 14.3 Å². The molecule has 0 saturated carbocycles. The molecule has 1 N–H and O–H groups in total. The molecule has 2 saturated heterocycles. The van der Waals surface area contributed by atoms with Crippen LogP contribution in [0.25, 0.3) is 0 Å². The molecule has 0 radical (unpaired) electrons. The van der Waals surface area contributed by atoms with Gasteiger partial charge in [-0.25, -0.2) is 0 Å². The number of carbonyl (C=O) groups is 2. The van der Waals surface area contributed by atoms with Gasteiger partial charge in [-0.3, -0.25) is 14.5 Å². The number of morpholine rings is 1. The molecule has 2 aromatic rings. The Morgan fingerprint density at radius 3 is 2.63 bits per heavy atom. The molecule has 2 amide bonds. The van der Waals surface area contributed by atoms with Crippen LogP contribution in [0.2, 0.25) is 0 Å². The second-order valence-electron chi connectivity index (χ2n) is 7.71. The fourth-order valence-corrected chi connectivity index (χ4v) is 4.53. The number of halogens is 1. The molecule has 0 spiro atoms. The topological polar surface area (TPSA) is 61.9 Å². The molecule has 2 heterocycles. The molecule has 2 aliphatic heterocycles. The average Bonchev–Trinajstić information content (AvgIpc) is 3.17. The molecule has 2 aromatic carbocycles. The zero-order chi connectivity index (χ0) is 20.9. The van der Waals surface area contributed by atoms with Crippen molar-refractivity contribution in [1.29, 1.82) is 0 Å². The number of nitrogens with one attached hydrogen (secondary N) is 1. The predicted molar refractivity (Wildman–Crippen MR) is 119 cm³/mol. The Kier molecular flexibility index (Phi) is 6.82. The van der Waals surface area contributed by atoms with Gasteiger partial charge in [0, 0.05) is 42.8 Å². The average molecular weight is 472 g/mol. The van der Waals surface area contributed by atoms with Crippen molar-refractivity contribution in [2.24, 2.45) is 5.92 Å². The third kappa shape index (κ3) is 4.91. The number of anilines is 1. The summed E-state index contributed by atoms with van der Waals surface area (Å²) in [5.74, 6) is -0.409. The molecule has 0 aliphatic carbocycles. The molecule has 4 rings (SSSR count). The highest BCUT2D eigenvalue weighted by molar-refractivity contribution is 9.10. The summed E-state index contributed by atoms with van der Waals surface area (Å²) in [6.07, 6.45) is 0.242. The number of carbonyl (C=O) groups excluding carboxylic acids is 2. The summed E-state index contributed by atoms with van der Waals surface area (Å²) >= 11 is 3.44. The summed E-state index contributed by atoms with van der Waals surface area (Å²) in [5.41, 5.74) is 2.00. The fraction of sp³-hybridized carbons (Fsp3) is 0.391. The van der Waals surface area contributed by atoms with Gasteiger partial charge >= 0.3 is 0 Å². The number of hydrogen-bond donors (Lipinski definition) is 1. The molecular weight excluding hydrogens is 446 g/mol. The number of rotatable bonds is 6. The van der Waals surface area contributed by atoms with Crippen molar-refractivity contribution in [3.05, 3.63) is 64.6 Å². The molecule has 158 valence electrons. The van der Waals surface area contributed by atoms with Crippen LogP contribution in [0.5, 0.6) is 0 Å². The maximum atomic E-state index is 12.9. The van der Waals surface area contributed by atoms with Crippen LogP contribution in [-0.4, -0.2) is 56.1 Å². The summed E-state index contributed by atoms with van der Waals surface area (Å²) in [7, 11) is 0. The van der Waals surface area contributed by atoms with E-state index in [9.17, 15) is 9.59 Å². The van der Waals surface area contributed by atoms with Gasteiger partial charge in [-0.05, 0) is 23.8 Å². The lowest BCUT2D eigenvalue weighted by atomic mass is 10.0. The van der Waals surface area contributed by atoms with E-state index in [4.69, 9.17) is 4.74 Å². The van der Waals surface area contributed by atoms with Crippen LogP contribution in [0.1, 0.15) is 18.0 Å². The van der Waals surface area contributed by atoms with Gasteiger partial charge in [0.15, 0.2) is 0 Å². The van der Waals surface area contributed by atoms with Crippen LogP contribution in [0.4, 0.5) is 5.69 Å². The lowest BCUT2D eigenvalue weighted by molar-refractivity contribution is -0.126. The van der Waals surface area contributed by atoms with Crippen molar-refractivity contribution in [2.75, 3.05) is 44.3 Å². The van der Waals surface area contributed by atoms with Gasteiger partial charge in [0.05, 0.1) is 25.2 Å². The monoisotopic (exact) mass is 471 g/mol. The maximum absolute atomic E-state index is 12.9. The van der Waals surface area contributed by atoms with Gasteiger partial charge in [0.25, 0.3) is 0 Å². The largest absolute Gasteiger partial charge is 0.379 e. The van der Waals surface area contributed by atoms with Crippen LogP contribution >= 0.6 is 15.9 Å². The first-order chi connectivity index (χ1) is 14.6. The molecule has 30 heavy (non-hydrogen) atoms. The minimum absolute atomic E-state index is 0.0129. The molecule has 2 unspecified atom stereocenters. The standard InChI is InChI=1S/C23H26BrN3O3/c24-19-7-4-8-20(14-19)27-16-18(13-22(27)28)23(29)25-15-21(17-5-2-1-3-6-17)26-9-11-30-12-10-26/h1-8,14,18,21H,9-13,15-16H2,(H,25,29). The SMILES string of the molecule is O=C(NCC(c1ccccc1)N1CCOCC1)C1CC(=O)N(c2cccc(Br)c2)C1. The zero-order valence-corrected chi connectivity index (χ0v) is 18.4. The predicted octanol–water partition coefficient (Wildman–Crippen LogP) is 2.99. The Hall–Kier alpha value is -2.22. The number of amides is 2. The second kappa shape index (κ2) is 9.73. The van der Waals surface area contributed by atoms with Crippen molar-refractivity contribution in [1.82, 2.24) is 10.2 Å². The molecule has 6 nitrogen and oxygen atoms in total. The molecule has 2 fully saturated rings. The first-order valence-corrected chi connectivity index (χ1v) is 11.1. The van der Waals surface area contributed by atoms with Gasteiger partial charge < -0.3 is 15.0 Å². The van der Waals surface area contributed by atoms with Crippen molar-refractivity contribution >= 4 is 33.4 Å². The number of nitrogens with zero attached hydrogens (tertiary/aromatic N) is 2. The third-order valence-corrected chi connectivity index (χ3v) is 6.25. The molecular formula is C23H26BrN3O3. The number of benzene rings is 2. The van der Waals surface area contributed by atoms with E-state index in [-0.39, 0.29) is 30.2 Å². The zero-order valence-electron chi connectivity index (χ0n) is 16.8. The first-order valence-electron chi connectivity index (χ1n) is 10.3. The van der Waals surface area contributed by atoms with Gasteiger partial charge in [0.2, 0.25) is 11.8 Å². The van der Waals surface area contributed by atoms with Crippen LogP contribution in [0.3, 0.4) is 0 Å². The van der Waals surface area contributed by atoms with Crippen LogP contribution < -0.4 is 10.2 Å². The van der Waals surface area contributed by atoms with Crippen LogP contribution in [0, 0.1) is 5.92 Å². The lowest BCUT2D eigenvalue weighted by Gasteiger charge is -2.35. The fourth-order valence-electron chi connectivity index (χ4n) is 4.14. The van der Waals surface area contributed by atoms with E-state index in [0.717, 1.165) is 23.2 Å². The molecule has 7 heteroatoms. The van der Waals surface area contributed by atoms with E-state index in [1.807, 2.05) is 42.5 Å². The smallest absolute Gasteiger partial charge is 0.227 e. The first kappa shape index (κ1) is 21.0. The second-order valence-corrected chi connectivity index (χ2v) is 8.62. The molecule has 2 aliphatic rings. The van der Waals surface area contributed by atoms with Gasteiger partial charge in [-0.1, -0.05) is 52.3 Å². The van der Waals surface area contributed by atoms with Gasteiger partial charge in [-0.15, -0.1) is 0 Å².